The summed E-state index contributed by atoms with van der Waals surface area (Å²) < 4.78 is 0. The highest BCUT2D eigenvalue weighted by molar-refractivity contribution is 5.94. The lowest BCUT2D eigenvalue weighted by Gasteiger charge is -2.40. The van der Waals surface area contributed by atoms with E-state index < -0.39 is 0 Å². The summed E-state index contributed by atoms with van der Waals surface area (Å²) in [6.07, 6.45) is 4.47. The Hall–Kier alpha value is -2.76. The van der Waals surface area contributed by atoms with Crippen LogP contribution in [0.15, 0.2) is 48.9 Å². The van der Waals surface area contributed by atoms with Gasteiger partial charge in [-0.1, -0.05) is 30.3 Å². The van der Waals surface area contributed by atoms with Crippen LogP contribution in [0.5, 0.6) is 0 Å². The van der Waals surface area contributed by atoms with Crippen molar-refractivity contribution in [1.82, 2.24) is 19.8 Å². The van der Waals surface area contributed by atoms with Crippen molar-refractivity contribution in [3.8, 4) is 0 Å². The Morgan fingerprint density at radius 1 is 1.21 bits per heavy atom. The zero-order valence-electron chi connectivity index (χ0n) is 13.6. The van der Waals surface area contributed by atoms with E-state index in [-0.39, 0.29) is 17.7 Å². The highest BCUT2D eigenvalue weighted by atomic mass is 16.2. The number of hydrogen-bond donors (Lipinski definition) is 0. The highest BCUT2D eigenvalue weighted by Gasteiger charge is 2.38. The Bertz CT molecular complexity index is 699. The zero-order chi connectivity index (χ0) is 16.9. The number of hydrogen-bond acceptors (Lipinski definition) is 4. The van der Waals surface area contributed by atoms with Gasteiger partial charge in [-0.3, -0.25) is 14.6 Å². The van der Waals surface area contributed by atoms with Crippen LogP contribution in [0.25, 0.3) is 0 Å². The first-order chi connectivity index (χ1) is 11.7. The lowest BCUT2D eigenvalue weighted by atomic mass is 9.97. The standard InChI is InChI=1S/C18H20N4O2/c1-2-21(11-14-6-4-3-5-7-14)17(23)15-12-22(13-15)18(24)16-10-19-8-9-20-16/h3-10,15H,2,11-13H2,1H3. The van der Waals surface area contributed by atoms with Crippen LogP contribution in [0.1, 0.15) is 23.0 Å². The van der Waals surface area contributed by atoms with Gasteiger partial charge in [-0.15, -0.1) is 0 Å². The van der Waals surface area contributed by atoms with Crippen molar-refractivity contribution >= 4 is 11.8 Å². The van der Waals surface area contributed by atoms with Crippen LogP contribution in [-0.2, 0) is 11.3 Å². The molecule has 24 heavy (non-hydrogen) atoms. The molecular weight excluding hydrogens is 304 g/mol. The van der Waals surface area contributed by atoms with Crippen LogP contribution < -0.4 is 0 Å². The molecule has 0 bridgehead atoms. The van der Waals surface area contributed by atoms with Crippen LogP contribution in [0, 0.1) is 5.92 Å². The molecule has 0 saturated carbocycles. The number of benzene rings is 1. The van der Waals surface area contributed by atoms with Crippen LogP contribution in [0.2, 0.25) is 0 Å². The molecule has 0 aliphatic carbocycles. The predicted molar refractivity (Wildman–Crippen MR) is 89.0 cm³/mol. The van der Waals surface area contributed by atoms with Gasteiger partial charge in [0.15, 0.2) is 0 Å². The molecule has 3 rings (SSSR count). The maximum absolute atomic E-state index is 12.6. The second-order valence-electron chi connectivity index (χ2n) is 5.84. The smallest absolute Gasteiger partial charge is 0.274 e. The quantitative estimate of drug-likeness (QED) is 0.838. The second-order valence-corrected chi connectivity index (χ2v) is 5.84. The third-order valence-corrected chi connectivity index (χ3v) is 4.21. The molecule has 0 N–H and O–H groups in total. The van der Waals surface area contributed by atoms with E-state index in [0.29, 0.717) is 31.9 Å². The average molecular weight is 324 g/mol. The van der Waals surface area contributed by atoms with Gasteiger partial charge in [0.1, 0.15) is 5.69 Å². The van der Waals surface area contributed by atoms with E-state index in [4.69, 9.17) is 0 Å². The third-order valence-electron chi connectivity index (χ3n) is 4.21. The molecule has 0 atom stereocenters. The van der Waals surface area contributed by atoms with Crippen molar-refractivity contribution < 1.29 is 9.59 Å². The summed E-state index contributed by atoms with van der Waals surface area (Å²) in [7, 11) is 0. The summed E-state index contributed by atoms with van der Waals surface area (Å²) in [6, 6.07) is 9.93. The molecule has 1 aromatic heterocycles. The van der Waals surface area contributed by atoms with Crippen molar-refractivity contribution in [2.24, 2.45) is 5.92 Å². The minimum Gasteiger partial charge on any atom is -0.338 e. The molecule has 6 nitrogen and oxygen atoms in total. The molecule has 2 aromatic rings. The van der Waals surface area contributed by atoms with Crippen LogP contribution in [0.3, 0.4) is 0 Å². The van der Waals surface area contributed by atoms with E-state index in [9.17, 15) is 9.59 Å². The average Bonchev–Trinajstić information content (AvgIpc) is 2.59. The van der Waals surface area contributed by atoms with Crippen LogP contribution >= 0.6 is 0 Å². The number of aromatic nitrogens is 2. The van der Waals surface area contributed by atoms with Crippen molar-refractivity contribution in [3.05, 3.63) is 60.2 Å². The normalized spacial score (nSPS) is 14.1. The molecule has 1 saturated heterocycles. The second kappa shape index (κ2) is 7.21. The topological polar surface area (TPSA) is 66.4 Å². The van der Waals surface area contributed by atoms with Gasteiger partial charge in [0.05, 0.1) is 12.1 Å². The Balaban J connectivity index is 1.56. The van der Waals surface area contributed by atoms with Gasteiger partial charge in [0, 0.05) is 38.6 Å². The first-order valence-electron chi connectivity index (χ1n) is 8.07. The number of rotatable bonds is 5. The van der Waals surface area contributed by atoms with E-state index in [1.807, 2.05) is 42.2 Å². The van der Waals surface area contributed by atoms with Crippen molar-refractivity contribution in [3.63, 3.8) is 0 Å². The Morgan fingerprint density at radius 3 is 2.58 bits per heavy atom. The van der Waals surface area contributed by atoms with Gasteiger partial charge in [-0.05, 0) is 12.5 Å². The molecule has 1 fully saturated rings. The number of nitrogens with zero attached hydrogens (tertiary/aromatic N) is 4. The molecule has 0 unspecified atom stereocenters. The van der Waals surface area contributed by atoms with Crippen LogP contribution in [-0.4, -0.2) is 51.2 Å². The van der Waals surface area contributed by atoms with E-state index in [0.717, 1.165) is 5.56 Å². The fourth-order valence-electron chi connectivity index (χ4n) is 2.78. The minimum atomic E-state index is -0.168. The summed E-state index contributed by atoms with van der Waals surface area (Å²) in [5, 5.41) is 0. The van der Waals surface area contributed by atoms with Gasteiger partial charge in [-0.2, -0.15) is 0 Å². The fraction of sp³-hybridized carbons (Fsp3) is 0.333. The molecule has 6 heteroatoms. The van der Waals surface area contributed by atoms with Crippen molar-refractivity contribution in [2.45, 2.75) is 13.5 Å². The van der Waals surface area contributed by atoms with Gasteiger partial charge in [-0.25, -0.2) is 4.98 Å². The zero-order valence-corrected chi connectivity index (χ0v) is 13.6. The molecule has 0 spiro atoms. The molecule has 2 amide bonds. The molecule has 124 valence electrons. The lowest BCUT2D eigenvalue weighted by Crippen LogP contribution is -2.56. The lowest BCUT2D eigenvalue weighted by molar-refractivity contribution is -0.140. The van der Waals surface area contributed by atoms with Gasteiger partial charge >= 0.3 is 0 Å². The Morgan fingerprint density at radius 2 is 1.96 bits per heavy atom. The van der Waals surface area contributed by atoms with Crippen molar-refractivity contribution in [2.75, 3.05) is 19.6 Å². The first kappa shape index (κ1) is 16.1. The van der Waals surface area contributed by atoms with E-state index in [1.54, 1.807) is 4.90 Å². The van der Waals surface area contributed by atoms with Gasteiger partial charge in [0.25, 0.3) is 5.91 Å². The largest absolute Gasteiger partial charge is 0.338 e. The maximum Gasteiger partial charge on any atom is 0.274 e. The molecule has 2 heterocycles. The summed E-state index contributed by atoms with van der Waals surface area (Å²) in [6.45, 7) is 4.12. The first-order valence-corrected chi connectivity index (χ1v) is 8.07. The number of carbonyl (C=O) groups excluding carboxylic acids is 2. The summed E-state index contributed by atoms with van der Waals surface area (Å²) in [5.74, 6) is -0.197. The number of likely N-dealkylation sites (tertiary alicyclic amines) is 1. The van der Waals surface area contributed by atoms with E-state index in [1.165, 1.54) is 18.6 Å². The number of amides is 2. The Labute approximate surface area is 141 Å². The fourth-order valence-corrected chi connectivity index (χ4v) is 2.78. The van der Waals surface area contributed by atoms with Gasteiger partial charge in [0.2, 0.25) is 5.91 Å². The predicted octanol–water partition coefficient (Wildman–Crippen LogP) is 1.60. The molecule has 1 aromatic carbocycles. The van der Waals surface area contributed by atoms with Crippen LogP contribution in [0.4, 0.5) is 0 Å². The summed E-state index contributed by atoms with van der Waals surface area (Å²) in [4.78, 5) is 36.2. The Kier molecular flexibility index (Phi) is 4.84. The van der Waals surface area contributed by atoms with E-state index >= 15 is 0 Å². The monoisotopic (exact) mass is 324 g/mol. The highest BCUT2D eigenvalue weighted by Crippen LogP contribution is 2.21. The summed E-state index contributed by atoms with van der Waals surface area (Å²) >= 11 is 0. The molecular formula is C18H20N4O2. The number of carbonyl (C=O) groups is 2. The summed E-state index contributed by atoms with van der Waals surface area (Å²) in [5.41, 5.74) is 1.43. The molecule has 1 aliphatic heterocycles. The SMILES string of the molecule is CCN(Cc1ccccc1)C(=O)C1CN(C(=O)c2cnccn2)C1. The third kappa shape index (κ3) is 3.42. The van der Waals surface area contributed by atoms with E-state index in [2.05, 4.69) is 9.97 Å². The molecule has 0 radical (unpaired) electrons. The maximum atomic E-state index is 12.6. The minimum absolute atomic E-state index is 0.101. The molecule has 1 aliphatic rings. The van der Waals surface area contributed by atoms with Crippen molar-refractivity contribution in [1.29, 1.82) is 0 Å². The van der Waals surface area contributed by atoms with Gasteiger partial charge < -0.3 is 9.80 Å².